The number of rotatable bonds is 11. The van der Waals surface area contributed by atoms with Gasteiger partial charge < -0.3 is 14.7 Å². The Balaban J connectivity index is 1.78. The molecule has 0 saturated carbocycles. The molecule has 1 N–H and O–H groups in total. The predicted molar refractivity (Wildman–Crippen MR) is 162 cm³/mol. The van der Waals surface area contributed by atoms with Crippen molar-refractivity contribution in [2.45, 2.75) is 66.0 Å². The largest absolute Gasteiger partial charge is 0.490 e. The van der Waals surface area contributed by atoms with Crippen molar-refractivity contribution in [1.82, 2.24) is 9.97 Å². The second kappa shape index (κ2) is 13.8. The molecule has 0 saturated heterocycles. The molecular weight excluding hydrogens is 612 g/mol. The van der Waals surface area contributed by atoms with Gasteiger partial charge in [-0.1, -0.05) is 29.8 Å². The van der Waals surface area contributed by atoms with E-state index in [1.165, 1.54) is 18.5 Å². The average molecular weight is 646 g/mol. The molecule has 0 aliphatic heterocycles. The van der Waals surface area contributed by atoms with Gasteiger partial charge in [0.1, 0.15) is 0 Å². The summed E-state index contributed by atoms with van der Waals surface area (Å²) >= 11 is 0. The fraction of sp³-hybridized carbons (Fsp3) is 0.324. The molecule has 0 spiro atoms. The molecular formula is C34H33F6N3O3. The van der Waals surface area contributed by atoms with Crippen LogP contribution in [-0.2, 0) is 30.2 Å². The molecule has 46 heavy (non-hydrogen) atoms. The summed E-state index contributed by atoms with van der Waals surface area (Å²) in [5.41, 5.74) is 3.07. The summed E-state index contributed by atoms with van der Waals surface area (Å²) in [5.74, 6) is -0.532. The van der Waals surface area contributed by atoms with Crippen molar-refractivity contribution < 1.29 is 41.0 Å². The summed E-state index contributed by atoms with van der Waals surface area (Å²) in [7, 11) is 0. The van der Waals surface area contributed by atoms with Gasteiger partial charge in [-0.3, -0.25) is 4.79 Å². The van der Waals surface area contributed by atoms with Gasteiger partial charge in [0.2, 0.25) is 5.95 Å². The van der Waals surface area contributed by atoms with Crippen LogP contribution in [0.3, 0.4) is 0 Å². The first-order valence-electron chi connectivity index (χ1n) is 14.4. The Kier molecular flexibility index (Phi) is 10.3. The Morgan fingerprint density at radius 1 is 0.783 bits per heavy atom. The number of nitrogens with zero attached hydrogens (tertiary/aromatic N) is 3. The number of ether oxygens (including phenoxy) is 1. The second-order valence-electron chi connectivity index (χ2n) is 11.2. The number of halogens is 6. The molecule has 0 atom stereocenters. The van der Waals surface area contributed by atoms with E-state index in [0.717, 1.165) is 35.4 Å². The van der Waals surface area contributed by atoms with Crippen LogP contribution < -0.4 is 9.64 Å². The van der Waals surface area contributed by atoms with Gasteiger partial charge >= 0.3 is 18.3 Å². The summed E-state index contributed by atoms with van der Waals surface area (Å²) in [6, 6.07) is 11.0. The first-order chi connectivity index (χ1) is 21.5. The van der Waals surface area contributed by atoms with Gasteiger partial charge in [0, 0.05) is 19.5 Å². The number of benzene rings is 3. The molecule has 1 heterocycles. The zero-order valence-electron chi connectivity index (χ0n) is 25.7. The molecule has 12 heteroatoms. The quantitative estimate of drug-likeness (QED) is 0.130. The minimum atomic E-state index is -4.57. The van der Waals surface area contributed by atoms with Gasteiger partial charge in [-0.25, -0.2) is 9.97 Å². The first kappa shape index (κ1) is 34.3. The van der Waals surface area contributed by atoms with E-state index in [1.54, 1.807) is 24.8 Å². The van der Waals surface area contributed by atoms with E-state index in [-0.39, 0.29) is 44.2 Å². The number of carbonyl (C=O) groups is 1. The van der Waals surface area contributed by atoms with Crippen molar-refractivity contribution in [3.05, 3.63) is 105 Å². The van der Waals surface area contributed by atoms with Crippen molar-refractivity contribution in [1.29, 1.82) is 0 Å². The van der Waals surface area contributed by atoms with E-state index >= 15 is 0 Å². The number of aliphatic carboxylic acids is 1. The average Bonchev–Trinajstić information content (AvgIpc) is 2.96. The first-order valence-corrected chi connectivity index (χ1v) is 14.4. The molecule has 0 aliphatic rings. The Hall–Kier alpha value is -4.61. The summed E-state index contributed by atoms with van der Waals surface area (Å²) in [4.78, 5) is 21.2. The molecule has 0 unspecified atom stereocenters. The minimum absolute atomic E-state index is 0.0441. The molecule has 3 aromatic carbocycles. The number of aryl methyl sites for hydroxylation is 4. The van der Waals surface area contributed by atoms with Crippen LogP contribution in [0.25, 0.3) is 11.1 Å². The number of aromatic nitrogens is 2. The number of hydrogen-bond donors (Lipinski definition) is 1. The topological polar surface area (TPSA) is 75.6 Å². The fourth-order valence-electron chi connectivity index (χ4n) is 5.05. The molecule has 0 radical (unpaired) electrons. The molecule has 244 valence electrons. The van der Waals surface area contributed by atoms with E-state index in [0.29, 0.717) is 33.4 Å². The lowest BCUT2D eigenvalue weighted by Gasteiger charge is -2.26. The summed E-state index contributed by atoms with van der Waals surface area (Å²) < 4.78 is 87.7. The van der Waals surface area contributed by atoms with E-state index in [1.807, 2.05) is 26.0 Å². The van der Waals surface area contributed by atoms with Crippen LogP contribution in [-0.4, -0.2) is 27.7 Å². The van der Waals surface area contributed by atoms with Gasteiger partial charge in [-0.15, -0.1) is 0 Å². The summed E-state index contributed by atoms with van der Waals surface area (Å²) in [6.45, 7) is 7.13. The van der Waals surface area contributed by atoms with Gasteiger partial charge in [0.05, 0.1) is 30.1 Å². The van der Waals surface area contributed by atoms with E-state index in [4.69, 9.17) is 9.84 Å². The lowest BCUT2D eigenvalue weighted by Crippen LogP contribution is -2.25. The van der Waals surface area contributed by atoms with Crippen molar-refractivity contribution in [3.63, 3.8) is 0 Å². The Labute approximate surface area is 262 Å². The summed E-state index contributed by atoms with van der Waals surface area (Å²) in [6.07, 6.45) is -6.17. The lowest BCUT2D eigenvalue weighted by atomic mass is 9.90. The SMILES string of the molecule is Cc1cc(CN(Cc2cc(C)c(C)cc2-c2cc(C(F)(F)F)ccc2C)c2ncc(OCCCC(=O)O)cn2)cc(C(F)(F)F)c1. The third-order valence-corrected chi connectivity index (χ3v) is 7.47. The normalized spacial score (nSPS) is 11.9. The van der Waals surface area contributed by atoms with Crippen molar-refractivity contribution in [2.75, 3.05) is 11.5 Å². The molecule has 6 nitrogen and oxygen atoms in total. The Morgan fingerprint density at radius 2 is 1.43 bits per heavy atom. The van der Waals surface area contributed by atoms with Crippen LogP contribution in [0.2, 0.25) is 0 Å². The third kappa shape index (κ3) is 8.76. The van der Waals surface area contributed by atoms with Crippen molar-refractivity contribution in [3.8, 4) is 16.9 Å². The third-order valence-electron chi connectivity index (χ3n) is 7.47. The Bertz CT molecular complexity index is 1700. The van der Waals surface area contributed by atoms with E-state index in [9.17, 15) is 31.1 Å². The smallest absolute Gasteiger partial charge is 0.416 e. The number of anilines is 1. The number of carboxylic acid groups (broad SMARTS) is 1. The van der Waals surface area contributed by atoms with Gasteiger partial charge in [-0.2, -0.15) is 26.3 Å². The van der Waals surface area contributed by atoms with E-state index in [2.05, 4.69) is 9.97 Å². The molecule has 1 aromatic heterocycles. The molecule has 4 aromatic rings. The molecule has 4 rings (SSSR count). The Morgan fingerprint density at radius 3 is 2.07 bits per heavy atom. The van der Waals surface area contributed by atoms with Crippen LogP contribution in [0.5, 0.6) is 5.75 Å². The van der Waals surface area contributed by atoms with Gasteiger partial charge in [0.25, 0.3) is 0 Å². The highest BCUT2D eigenvalue weighted by molar-refractivity contribution is 5.73. The minimum Gasteiger partial charge on any atom is -0.490 e. The van der Waals surface area contributed by atoms with Crippen molar-refractivity contribution >= 4 is 11.9 Å². The monoisotopic (exact) mass is 645 g/mol. The highest BCUT2D eigenvalue weighted by atomic mass is 19.4. The van der Waals surface area contributed by atoms with Crippen LogP contribution in [0, 0.1) is 27.7 Å². The van der Waals surface area contributed by atoms with Gasteiger partial charge in [-0.05, 0) is 97.3 Å². The zero-order chi connectivity index (χ0) is 33.8. The number of hydrogen-bond acceptors (Lipinski definition) is 5. The highest BCUT2D eigenvalue weighted by Crippen LogP contribution is 2.37. The highest BCUT2D eigenvalue weighted by Gasteiger charge is 2.32. The van der Waals surface area contributed by atoms with Crippen LogP contribution in [0.4, 0.5) is 32.3 Å². The predicted octanol–water partition coefficient (Wildman–Crippen LogP) is 8.87. The standard InChI is InChI=1S/C34H33F6N3O3/c1-20-10-24(14-27(11-20)34(38,39)40)18-43(32-41-16-28(17-42-32)46-9-5-6-31(44)45)19-25-12-22(3)23(4)13-30(25)29-15-26(33(35,36)37)8-7-21(29)2/h7-8,10-17H,5-6,9,18-19H2,1-4H3,(H,44,45). The van der Waals surface area contributed by atoms with Crippen LogP contribution >= 0.6 is 0 Å². The van der Waals surface area contributed by atoms with Gasteiger partial charge in [0.15, 0.2) is 5.75 Å². The molecule has 0 bridgehead atoms. The maximum absolute atomic E-state index is 13.7. The maximum atomic E-state index is 13.7. The lowest BCUT2D eigenvalue weighted by molar-refractivity contribution is -0.138. The molecule has 0 aliphatic carbocycles. The molecule has 0 amide bonds. The molecule has 0 fully saturated rings. The van der Waals surface area contributed by atoms with Crippen molar-refractivity contribution in [2.24, 2.45) is 0 Å². The maximum Gasteiger partial charge on any atom is 0.416 e. The van der Waals surface area contributed by atoms with E-state index < -0.39 is 29.4 Å². The number of carboxylic acids is 1. The second-order valence-corrected chi connectivity index (χ2v) is 11.2. The number of alkyl halides is 6. The van der Waals surface area contributed by atoms with Crippen LogP contribution in [0.15, 0.2) is 60.9 Å². The zero-order valence-corrected chi connectivity index (χ0v) is 25.7. The van der Waals surface area contributed by atoms with Crippen LogP contribution in [0.1, 0.15) is 57.3 Å². The summed E-state index contributed by atoms with van der Waals surface area (Å²) in [5, 5.41) is 8.82. The fourth-order valence-corrected chi connectivity index (χ4v) is 5.05.